The Hall–Kier alpha value is -3.92. The van der Waals surface area contributed by atoms with Crippen LogP contribution in [0.4, 0.5) is 0 Å². The quantitative estimate of drug-likeness (QED) is 0.288. The molecular formula is C26H32N2O8. The van der Waals surface area contributed by atoms with Crippen LogP contribution in [0.5, 0.6) is 28.7 Å². The van der Waals surface area contributed by atoms with Gasteiger partial charge in [0.1, 0.15) is 23.0 Å². The van der Waals surface area contributed by atoms with Crippen molar-refractivity contribution in [2.24, 2.45) is 0 Å². The molecule has 36 heavy (non-hydrogen) atoms. The lowest BCUT2D eigenvalue weighted by molar-refractivity contribution is -0.140. The summed E-state index contributed by atoms with van der Waals surface area (Å²) in [5.41, 5.74) is 0.246. The predicted molar refractivity (Wildman–Crippen MR) is 133 cm³/mol. The smallest absolute Gasteiger partial charge is 0.295 e. The molecule has 1 heterocycles. The van der Waals surface area contributed by atoms with Crippen LogP contribution in [0, 0.1) is 0 Å². The predicted octanol–water partition coefficient (Wildman–Crippen LogP) is 2.80. The molecule has 2 aromatic carbocycles. The molecule has 2 aromatic rings. The fourth-order valence-corrected chi connectivity index (χ4v) is 4.24. The molecule has 0 aliphatic carbocycles. The highest BCUT2D eigenvalue weighted by Crippen LogP contribution is 2.47. The molecule has 3 rings (SSSR count). The van der Waals surface area contributed by atoms with Gasteiger partial charge in [0, 0.05) is 24.2 Å². The van der Waals surface area contributed by atoms with Crippen LogP contribution >= 0.6 is 0 Å². The van der Waals surface area contributed by atoms with Crippen LogP contribution in [0.2, 0.25) is 0 Å². The number of rotatable bonds is 10. The molecule has 1 atom stereocenters. The summed E-state index contributed by atoms with van der Waals surface area (Å²) in [5, 5.41) is 21.8. The standard InChI is InChI=1S/C26H32N2O8/c1-27(2)10-7-11-28-23(17-13-20(35-5)21(36-6)14-19(17)34-4)22(25(31)26(28)32)24(30)16-9-8-15(33-3)12-18(16)29/h8-9,12-14,23,29-30H,7,10-11H2,1-6H3/t23-/m1/s1. The highest BCUT2D eigenvalue weighted by atomic mass is 16.5. The fourth-order valence-electron chi connectivity index (χ4n) is 4.24. The first-order valence-electron chi connectivity index (χ1n) is 11.3. The molecule has 0 saturated carbocycles. The molecule has 0 aromatic heterocycles. The number of aliphatic hydroxyl groups excluding tert-OH is 1. The van der Waals surface area contributed by atoms with E-state index in [1.54, 1.807) is 12.1 Å². The van der Waals surface area contributed by atoms with Crippen molar-refractivity contribution >= 4 is 17.4 Å². The summed E-state index contributed by atoms with van der Waals surface area (Å²) < 4.78 is 21.5. The van der Waals surface area contributed by atoms with Gasteiger partial charge >= 0.3 is 0 Å². The van der Waals surface area contributed by atoms with Crippen molar-refractivity contribution in [1.29, 1.82) is 0 Å². The summed E-state index contributed by atoms with van der Waals surface area (Å²) >= 11 is 0. The van der Waals surface area contributed by atoms with Gasteiger partial charge in [0.2, 0.25) is 0 Å². The maximum atomic E-state index is 13.3. The highest BCUT2D eigenvalue weighted by molar-refractivity contribution is 6.46. The Bertz CT molecular complexity index is 1170. The summed E-state index contributed by atoms with van der Waals surface area (Å²) in [6.45, 7) is 0.925. The highest BCUT2D eigenvalue weighted by Gasteiger charge is 2.47. The zero-order valence-electron chi connectivity index (χ0n) is 21.3. The Morgan fingerprint density at radius 1 is 0.944 bits per heavy atom. The van der Waals surface area contributed by atoms with E-state index in [9.17, 15) is 19.8 Å². The lowest BCUT2D eigenvalue weighted by Crippen LogP contribution is -2.32. The third kappa shape index (κ3) is 5.03. The second kappa shape index (κ2) is 11.2. The molecular weight excluding hydrogens is 468 g/mol. The molecule has 10 heteroatoms. The van der Waals surface area contributed by atoms with Gasteiger partial charge in [-0.25, -0.2) is 0 Å². The van der Waals surface area contributed by atoms with Crippen molar-refractivity contribution in [3.8, 4) is 28.7 Å². The van der Waals surface area contributed by atoms with Gasteiger partial charge in [0.25, 0.3) is 11.7 Å². The first kappa shape index (κ1) is 26.7. The Morgan fingerprint density at radius 2 is 1.58 bits per heavy atom. The second-order valence-electron chi connectivity index (χ2n) is 8.48. The van der Waals surface area contributed by atoms with Gasteiger partial charge in [-0.2, -0.15) is 0 Å². The Kier molecular flexibility index (Phi) is 8.31. The number of phenols is 1. The van der Waals surface area contributed by atoms with Gasteiger partial charge in [-0.05, 0) is 45.3 Å². The number of carbonyl (C=O) groups is 2. The minimum absolute atomic E-state index is 0.00784. The van der Waals surface area contributed by atoms with Crippen LogP contribution in [-0.2, 0) is 9.59 Å². The molecule has 0 unspecified atom stereocenters. The third-order valence-electron chi connectivity index (χ3n) is 6.03. The maximum absolute atomic E-state index is 13.3. The van der Waals surface area contributed by atoms with Crippen LogP contribution in [0.1, 0.15) is 23.6 Å². The number of ketones is 1. The van der Waals surface area contributed by atoms with E-state index < -0.39 is 23.5 Å². The molecule has 10 nitrogen and oxygen atoms in total. The van der Waals surface area contributed by atoms with Crippen molar-refractivity contribution in [1.82, 2.24) is 9.80 Å². The zero-order valence-corrected chi connectivity index (χ0v) is 21.3. The third-order valence-corrected chi connectivity index (χ3v) is 6.03. The number of nitrogens with zero attached hydrogens (tertiary/aromatic N) is 2. The summed E-state index contributed by atoms with van der Waals surface area (Å²) in [5.74, 6) is -0.975. The SMILES string of the molecule is COc1ccc(C(O)=C2C(=O)C(=O)N(CCCN(C)C)[C@@H]2c2cc(OC)c(OC)cc2OC)c(O)c1. The zero-order chi connectivity index (χ0) is 26.6. The van der Waals surface area contributed by atoms with Gasteiger partial charge in [0.15, 0.2) is 11.5 Å². The number of carbonyl (C=O) groups excluding carboxylic acids is 2. The summed E-state index contributed by atoms with van der Waals surface area (Å²) in [6, 6.07) is 6.49. The number of Topliss-reactive ketones (excluding diaryl/α,β-unsaturated/α-hetero) is 1. The van der Waals surface area contributed by atoms with Crippen LogP contribution in [0.25, 0.3) is 5.76 Å². The van der Waals surface area contributed by atoms with E-state index in [1.807, 2.05) is 19.0 Å². The van der Waals surface area contributed by atoms with Crippen molar-refractivity contribution in [3.63, 3.8) is 0 Å². The first-order valence-corrected chi connectivity index (χ1v) is 11.3. The lowest BCUT2D eigenvalue weighted by Gasteiger charge is -2.28. The Morgan fingerprint density at radius 3 is 2.14 bits per heavy atom. The number of ether oxygens (including phenoxy) is 4. The molecule has 1 fully saturated rings. The Balaban J connectivity index is 2.26. The Labute approximate surface area is 210 Å². The first-order chi connectivity index (χ1) is 17.2. The average Bonchev–Trinajstić information content (AvgIpc) is 3.11. The molecule has 1 amide bonds. The molecule has 1 aliphatic heterocycles. The largest absolute Gasteiger partial charge is 0.507 e. The average molecular weight is 501 g/mol. The fraction of sp³-hybridized carbons (Fsp3) is 0.385. The number of amides is 1. The van der Waals surface area contributed by atoms with Gasteiger partial charge in [0.05, 0.1) is 45.6 Å². The van der Waals surface area contributed by atoms with E-state index >= 15 is 0 Å². The van der Waals surface area contributed by atoms with E-state index in [4.69, 9.17) is 18.9 Å². The number of hydrogen-bond acceptors (Lipinski definition) is 9. The number of aromatic hydroxyl groups is 1. The van der Waals surface area contributed by atoms with Crippen LogP contribution in [0.15, 0.2) is 35.9 Å². The number of likely N-dealkylation sites (tertiary alicyclic amines) is 1. The summed E-state index contributed by atoms with van der Waals surface area (Å²) in [7, 11) is 9.67. The minimum Gasteiger partial charge on any atom is -0.507 e. The van der Waals surface area contributed by atoms with Gasteiger partial charge in [-0.15, -0.1) is 0 Å². The molecule has 1 saturated heterocycles. The number of phenolic OH excluding ortho intramolecular Hbond substituents is 1. The van der Waals surface area contributed by atoms with Crippen molar-refractivity contribution in [2.75, 3.05) is 55.6 Å². The van der Waals surface area contributed by atoms with E-state index in [2.05, 4.69) is 0 Å². The van der Waals surface area contributed by atoms with E-state index in [1.165, 1.54) is 51.5 Å². The number of hydrogen-bond donors (Lipinski definition) is 2. The topological polar surface area (TPSA) is 118 Å². The van der Waals surface area contributed by atoms with E-state index in [0.29, 0.717) is 41.5 Å². The van der Waals surface area contributed by atoms with Crippen LogP contribution < -0.4 is 18.9 Å². The maximum Gasteiger partial charge on any atom is 0.295 e. The van der Waals surface area contributed by atoms with E-state index in [0.717, 1.165) is 0 Å². The number of methoxy groups -OCH3 is 4. The van der Waals surface area contributed by atoms with Crippen LogP contribution in [-0.4, -0.2) is 87.3 Å². The molecule has 1 aliphatic rings. The van der Waals surface area contributed by atoms with Crippen molar-refractivity contribution < 1.29 is 38.7 Å². The summed E-state index contributed by atoms with van der Waals surface area (Å²) in [4.78, 5) is 29.9. The van der Waals surface area contributed by atoms with Gasteiger partial charge in [-0.1, -0.05) is 0 Å². The monoisotopic (exact) mass is 500 g/mol. The summed E-state index contributed by atoms with van der Waals surface area (Å²) in [6.07, 6.45) is 0.583. The van der Waals surface area contributed by atoms with Gasteiger partial charge < -0.3 is 39.0 Å². The van der Waals surface area contributed by atoms with E-state index in [-0.39, 0.29) is 23.4 Å². The molecule has 0 bridgehead atoms. The lowest BCUT2D eigenvalue weighted by atomic mass is 9.93. The number of benzene rings is 2. The molecule has 0 radical (unpaired) electrons. The number of aliphatic hydroxyl groups is 1. The minimum atomic E-state index is -0.997. The van der Waals surface area contributed by atoms with Crippen molar-refractivity contribution in [2.45, 2.75) is 12.5 Å². The second-order valence-corrected chi connectivity index (χ2v) is 8.48. The molecule has 2 N–H and O–H groups in total. The normalized spacial score (nSPS) is 17.0. The van der Waals surface area contributed by atoms with Crippen molar-refractivity contribution in [3.05, 3.63) is 47.0 Å². The molecule has 0 spiro atoms. The van der Waals surface area contributed by atoms with Crippen LogP contribution in [0.3, 0.4) is 0 Å². The molecule has 194 valence electrons. The van der Waals surface area contributed by atoms with Gasteiger partial charge in [-0.3, -0.25) is 9.59 Å².